The number of alkyl halides is 2. The number of para-hydroxylation sites is 2. The molecule has 0 amide bonds. The maximum absolute atomic E-state index is 14.6. The standard InChI is InChI=1S/C20H17F3N6O2/c1-30-10-15-26-13-4-2-3-5-14(13)29(15)20-27-17(24)16(21)18(28-20)25-11-6-8-12(9-7-11)31-19(22)23/h2-9,19H,10H2,1H3,(H3,24,25,27,28). The number of aromatic nitrogens is 4. The van der Waals surface area contributed by atoms with E-state index in [1.54, 1.807) is 4.57 Å². The first-order chi connectivity index (χ1) is 15.0. The summed E-state index contributed by atoms with van der Waals surface area (Å²) < 4.78 is 50.4. The summed E-state index contributed by atoms with van der Waals surface area (Å²) in [6.45, 7) is -2.77. The highest BCUT2D eigenvalue weighted by molar-refractivity contribution is 5.77. The fourth-order valence-corrected chi connectivity index (χ4v) is 3.02. The topological polar surface area (TPSA) is 100 Å². The third-order valence-electron chi connectivity index (χ3n) is 4.31. The molecule has 160 valence electrons. The molecule has 4 aromatic rings. The number of ether oxygens (including phenoxy) is 2. The van der Waals surface area contributed by atoms with Crippen LogP contribution in [0.1, 0.15) is 5.82 Å². The predicted molar refractivity (Wildman–Crippen MR) is 108 cm³/mol. The quantitative estimate of drug-likeness (QED) is 0.457. The first-order valence-corrected chi connectivity index (χ1v) is 9.07. The number of hydrogen-bond donors (Lipinski definition) is 2. The van der Waals surface area contributed by atoms with Crippen molar-refractivity contribution < 1.29 is 22.6 Å². The molecular weight excluding hydrogens is 413 g/mol. The number of hydrogen-bond acceptors (Lipinski definition) is 7. The Morgan fingerprint density at radius 2 is 1.81 bits per heavy atom. The zero-order valence-electron chi connectivity index (χ0n) is 16.2. The fourth-order valence-electron chi connectivity index (χ4n) is 3.02. The summed E-state index contributed by atoms with van der Waals surface area (Å²) in [6.07, 6.45) is 0. The highest BCUT2D eigenvalue weighted by Gasteiger charge is 2.19. The van der Waals surface area contributed by atoms with E-state index in [2.05, 4.69) is 25.0 Å². The summed E-state index contributed by atoms with van der Waals surface area (Å²) >= 11 is 0. The molecule has 0 aliphatic carbocycles. The monoisotopic (exact) mass is 430 g/mol. The van der Waals surface area contributed by atoms with E-state index in [9.17, 15) is 13.2 Å². The fraction of sp³-hybridized carbons (Fsp3) is 0.150. The highest BCUT2D eigenvalue weighted by Crippen LogP contribution is 2.27. The number of nitrogens with two attached hydrogens (primary N) is 1. The molecule has 0 unspecified atom stereocenters. The minimum atomic E-state index is -2.94. The van der Waals surface area contributed by atoms with E-state index in [1.165, 1.54) is 31.4 Å². The predicted octanol–water partition coefficient (Wildman–Crippen LogP) is 4.03. The van der Waals surface area contributed by atoms with Crippen molar-refractivity contribution >= 4 is 28.4 Å². The molecule has 0 saturated carbocycles. The van der Waals surface area contributed by atoms with E-state index >= 15 is 0 Å². The second-order valence-corrected chi connectivity index (χ2v) is 6.38. The van der Waals surface area contributed by atoms with Crippen LogP contribution in [0, 0.1) is 5.82 Å². The Hall–Kier alpha value is -3.86. The number of halogens is 3. The molecule has 0 bridgehead atoms. The van der Waals surface area contributed by atoms with Crippen LogP contribution in [0.15, 0.2) is 48.5 Å². The first kappa shape index (κ1) is 20.4. The van der Waals surface area contributed by atoms with Crippen molar-refractivity contribution in [1.82, 2.24) is 19.5 Å². The Bertz CT molecular complexity index is 1210. The molecule has 0 atom stereocenters. The Kier molecular flexibility index (Phi) is 5.58. The number of nitrogens with zero attached hydrogens (tertiary/aromatic N) is 4. The summed E-state index contributed by atoms with van der Waals surface area (Å²) in [7, 11) is 1.53. The molecule has 3 N–H and O–H groups in total. The van der Waals surface area contributed by atoms with Gasteiger partial charge in [-0.25, -0.2) is 4.98 Å². The molecule has 2 heterocycles. The summed E-state index contributed by atoms with van der Waals surface area (Å²) in [5.74, 6) is -0.834. The van der Waals surface area contributed by atoms with Crippen molar-refractivity contribution in [3.8, 4) is 11.7 Å². The van der Waals surface area contributed by atoms with Gasteiger partial charge in [-0.05, 0) is 36.4 Å². The van der Waals surface area contributed by atoms with Crippen LogP contribution in [-0.2, 0) is 11.3 Å². The van der Waals surface area contributed by atoms with Gasteiger partial charge in [0.2, 0.25) is 11.8 Å². The Labute approximate surface area is 174 Å². The zero-order chi connectivity index (χ0) is 22.0. The molecule has 8 nitrogen and oxygen atoms in total. The zero-order valence-corrected chi connectivity index (χ0v) is 16.2. The minimum absolute atomic E-state index is 0.0296. The molecule has 2 aromatic carbocycles. The van der Waals surface area contributed by atoms with Crippen molar-refractivity contribution in [3.05, 3.63) is 60.2 Å². The smallest absolute Gasteiger partial charge is 0.387 e. The average Bonchev–Trinajstić information content (AvgIpc) is 3.10. The molecule has 4 rings (SSSR count). The number of rotatable bonds is 7. The van der Waals surface area contributed by atoms with Crippen LogP contribution in [0.3, 0.4) is 0 Å². The lowest BCUT2D eigenvalue weighted by atomic mass is 10.3. The van der Waals surface area contributed by atoms with Crippen molar-refractivity contribution in [3.63, 3.8) is 0 Å². The van der Waals surface area contributed by atoms with Gasteiger partial charge in [0.15, 0.2) is 11.6 Å². The van der Waals surface area contributed by atoms with Gasteiger partial charge >= 0.3 is 6.61 Å². The first-order valence-electron chi connectivity index (χ1n) is 9.07. The van der Waals surface area contributed by atoms with Crippen LogP contribution in [-0.4, -0.2) is 33.2 Å². The summed E-state index contributed by atoms with van der Waals surface area (Å²) in [5.41, 5.74) is 7.56. The van der Waals surface area contributed by atoms with Crippen LogP contribution in [0.25, 0.3) is 17.0 Å². The summed E-state index contributed by atoms with van der Waals surface area (Å²) in [6, 6.07) is 12.8. The second-order valence-electron chi connectivity index (χ2n) is 6.38. The molecule has 0 spiro atoms. The van der Waals surface area contributed by atoms with Crippen molar-refractivity contribution in [2.45, 2.75) is 13.2 Å². The molecule has 31 heavy (non-hydrogen) atoms. The Balaban J connectivity index is 1.74. The number of fused-ring (bicyclic) bond motifs is 1. The average molecular weight is 430 g/mol. The third kappa shape index (κ3) is 4.21. The van der Waals surface area contributed by atoms with Crippen LogP contribution in [0.2, 0.25) is 0 Å². The Morgan fingerprint density at radius 3 is 2.52 bits per heavy atom. The molecule has 0 saturated heterocycles. The van der Waals surface area contributed by atoms with Gasteiger partial charge in [0.05, 0.1) is 11.0 Å². The lowest BCUT2D eigenvalue weighted by molar-refractivity contribution is -0.0498. The van der Waals surface area contributed by atoms with Crippen molar-refractivity contribution in [2.75, 3.05) is 18.2 Å². The number of nitrogen functional groups attached to an aromatic ring is 1. The lowest BCUT2D eigenvalue weighted by Gasteiger charge is -2.13. The van der Waals surface area contributed by atoms with Crippen molar-refractivity contribution in [2.24, 2.45) is 0 Å². The molecule has 0 fully saturated rings. The van der Waals surface area contributed by atoms with Gasteiger partial charge in [-0.1, -0.05) is 12.1 Å². The summed E-state index contributed by atoms with van der Waals surface area (Å²) in [4.78, 5) is 12.9. The van der Waals surface area contributed by atoms with Crippen LogP contribution < -0.4 is 15.8 Å². The van der Waals surface area contributed by atoms with Gasteiger partial charge in [0.1, 0.15) is 18.2 Å². The molecule has 0 radical (unpaired) electrons. The van der Waals surface area contributed by atoms with E-state index in [-0.39, 0.29) is 29.9 Å². The maximum Gasteiger partial charge on any atom is 0.387 e. The van der Waals surface area contributed by atoms with E-state index in [0.717, 1.165) is 0 Å². The van der Waals surface area contributed by atoms with Crippen LogP contribution >= 0.6 is 0 Å². The van der Waals surface area contributed by atoms with Crippen LogP contribution in [0.4, 0.5) is 30.5 Å². The maximum atomic E-state index is 14.6. The van der Waals surface area contributed by atoms with Gasteiger partial charge < -0.3 is 20.5 Å². The molecule has 0 aliphatic rings. The largest absolute Gasteiger partial charge is 0.435 e. The van der Waals surface area contributed by atoms with E-state index in [0.29, 0.717) is 22.5 Å². The van der Waals surface area contributed by atoms with Crippen molar-refractivity contribution in [1.29, 1.82) is 0 Å². The van der Waals surface area contributed by atoms with Crippen LogP contribution in [0.5, 0.6) is 5.75 Å². The number of imidazole rings is 1. The normalized spacial score (nSPS) is 11.3. The van der Waals surface area contributed by atoms with Gasteiger partial charge in [0.25, 0.3) is 0 Å². The SMILES string of the molecule is COCc1nc2ccccc2n1-c1nc(N)c(F)c(Nc2ccc(OC(F)F)cc2)n1. The number of methoxy groups -OCH3 is 1. The van der Waals surface area contributed by atoms with Gasteiger partial charge in [0, 0.05) is 12.8 Å². The minimum Gasteiger partial charge on any atom is -0.435 e. The third-order valence-corrected chi connectivity index (χ3v) is 4.31. The van der Waals surface area contributed by atoms with E-state index in [4.69, 9.17) is 10.5 Å². The lowest BCUT2D eigenvalue weighted by Crippen LogP contribution is -2.12. The number of anilines is 3. The second kappa shape index (κ2) is 8.48. The Morgan fingerprint density at radius 1 is 1.06 bits per heavy atom. The number of benzene rings is 2. The molecule has 0 aliphatic heterocycles. The van der Waals surface area contributed by atoms with Gasteiger partial charge in [-0.3, -0.25) is 4.57 Å². The summed E-state index contributed by atoms with van der Waals surface area (Å²) in [5, 5.41) is 2.78. The van der Waals surface area contributed by atoms with E-state index < -0.39 is 12.4 Å². The van der Waals surface area contributed by atoms with Gasteiger partial charge in [-0.2, -0.15) is 23.1 Å². The van der Waals surface area contributed by atoms with E-state index in [1.807, 2.05) is 24.3 Å². The molecular formula is C20H17F3N6O2. The number of nitrogens with one attached hydrogen (secondary N) is 1. The molecule has 2 aromatic heterocycles. The van der Waals surface area contributed by atoms with Gasteiger partial charge in [-0.15, -0.1) is 0 Å². The molecule has 11 heteroatoms. The highest BCUT2D eigenvalue weighted by atomic mass is 19.3.